The second-order valence-corrected chi connectivity index (χ2v) is 7.32. The molecule has 2 aliphatic rings. The highest BCUT2D eigenvalue weighted by Gasteiger charge is 2.54. The lowest BCUT2D eigenvalue weighted by molar-refractivity contribution is -0.137. The third-order valence-corrected chi connectivity index (χ3v) is 5.00. The average molecular weight is 330 g/mol. The Balaban J connectivity index is 2.08. The molecule has 1 heterocycles. The van der Waals surface area contributed by atoms with Gasteiger partial charge < -0.3 is 9.31 Å². The Labute approximate surface area is 133 Å². The molecule has 1 aliphatic heterocycles. The monoisotopic (exact) mass is 330 g/mol. The van der Waals surface area contributed by atoms with Crippen LogP contribution in [0.4, 0.5) is 17.6 Å². The molecule has 1 aromatic carbocycles. The standard InChI is InChI=1S/C16H19BF4O2/c1-14(2)15(3,4)23-17(22-14)12-7-10(9-5-6-9)13(18)8-11(12)16(19,20)21/h7-9H,5-6H2,1-4H3. The lowest BCUT2D eigenvalue weighted by atomic mass is 9.74. The Bertz CT molecular complexity index is 620. The summed E-state index contributed by atoms with van der Waals surface area (Å²) in [6, 6.07) is 1.85. The van der Waals surface area contributed by atoms with Crippen molar-refractivity contribution in [3.8, 4) is 0 Å². The van der Waals surface area contributed by atoms with Crippen LogP contribution >= 0.6 is 0 Å². The quantitative estimate of drug-likeness (QED) is 0.602. The van der Waals surface area contributed by atoms with Crippen molar-refractivity contribution in [2.45, 2.75) is 63.8 Å². The van der Waals surface area contributed by atoms with Gasteiger partial charge in [-0.3, -0.25) is 0 Å². The summed E-state index contributed by atoms with van der Waals surface area (Å²) in [5.74, 6) is -0.807. The highest BCUT2D eigenvalue weighted by atomic mass is 19.4. The van der Waals surface area contributed by atoms with Crippen LogP contribution in [0.1, 0.15) is 57.6 Å². The minimum atomic E-state index is -4.66. The van der Waals surface area contributed by atoms with Crippen LogP contribution < -0.4 is 5.46 Å². The molecule has 0 unspecified atom stereocenters. The molecule has 0 spiro atoms. The van der Waals surface area contributed by atoms with E-state index in [0.29, 0.717) is 11.6 Å². The average Bonchev–Trinajstić information content (AvgIpc) is 3.16. The minimum Gasteiger partial charge on any atom is -0.399 e. The lowest BCUT2D eigenvalue weighted by Gasteiger charge is -2.32. The first-order valence-electron chi connectivity index (χ1n) is 7.68. The molecule has 0 aromatic heterocycles. The molecule has 0 atom stereocenters. The summed E-state index contributed by atoms with van der Waals surface area (Å²) in [4.78, 5) is 0. The molecule has 23 heavy (non-hydrogen) atoms. The zero-order valence-corrected chi connectivity index (χ0v) is 13.6. The topological polar surface area (TPSA) is 18.5 Å². The molecule has 3 rings (SSSR count). The van der Waals surface area contributed by atoms with E-state index in [1.807, 2.05) is 0 Å². The van der Waals surface area contributed by atoms with E-state index in [1.165, 1.54) is 6.07 Å². The first-order valence-corrected chi connectivity index (χ1v) is 7.68. The largest absolute Gasteiger partial charge is 0.495 e. The summed E-state index contributed by atoms with van der Waals surface area (Å²) in [6.07, 6.45) is -3.07. The number of alkyl halides is 3. The van der Waals surface area contributed by atoms with Gasteiger partial charge >= 0.3 is 13.3 Å². The zero-order valence-electron chi connectivity index (χ0n) is 13.6. The highest BCUT2D eigenvalue weighted by Crippen LogP contribution is 2.43. The van der Waals surface area contributed by atoms with Crippen molar-refractivity contribution < 1.29 is 26.9 Å². The fraction of sp³-hybridized carbons (Fsp3) is 0.625. The minimum absolute atomic E-state index is 0.00143. The maximum Gasteiger partial charge on any atom is 0.495 e. The van der Waals surface area contributed by atoms with Crippen molar-refractivity contribution in [3.05, 3.63) is 29.1 Å². The summed E-state index contributed by atoms with van der Waals surface area (Å²) >= 11 is 0. The smallest absolute Gasteiger partial charge is 0.399 e. The van der Waals surface area contributed by atoms with Gasteiger partial charge in [0.25, 0.3) is 0 Å². The summed E-state index contributed by atoms with van der Waals surface area (Å²) < 4.78 is 65.5. The van der Waals surface area contributed by atoms with Gasteiger partial charge in [0.05, 0.1) is 16.8 Å². The van der Waals surface area contributed by atoms with Crippen molar-refractivity contribution in [3.63, 3.8) is 0 Å². The first-order chi connectivity index (χ1) is 10.4. The van der Waals surface area contributed by atoms with Crippen molar-refractivity contribution in [2.24, 2.45) is 0 Å². The van der Waals surface area contributed by atoms with Crippen molar-refractivity contribution in [1.82, 2.24) is 0 Å². The van der Waals surface area contributed by atoms with E-state index in [0.717, 1.165) is 12.8 Å². The van der Waals surface area contributed by atoms with Gasteiger partial charge in [-0.1, -0.05) is 6.07 Å². The van der Waals surface area contributed by atoms with Crippen LogP contribution in [-0.2, 0) is 15.5 Å². The maximum absolute atomic E-state index is 14.1. The molecule has 1 aromatic rings. The van der Waals surface area contributed by atoms with Crippen LogP contribution in [0, 0.1) is 5.82 Å². The summed E-state index contributed by atoms with van der Waals surface area (Å²) in [7, 11) is -1.16. The Morgan fingerprint density at radius 2 is 1.57 bits per heavy atom. The van der Waals surface area contributed by atoms with E-state index >= 15 is 0 Å². The summed E-state index contributed by atoms with van der Waals surface area (Å²) in [5, 5.41) is 0. The van der Waals surface area contributed by atoms with Crippen LogP contribution in [0.15, 0.2) is 12.1 Å². The number of rotatable bonds is 2. The molecule has 2 fully saturated rings. The third kappa shape index (κ3) is 2.89. The molecule has 1 saturated heterocycles. The van der Waals surface area contributed by atoms with Gasteiger partial charge in [0.1, 0.15) is 5.82 Å². The van der Waals surface area contributed by atoms with Crippen LogP contribution in [0.25, 0.3) is 0 Å². The molecule has 1 aliphatic carbocycles. The van der Waals surface area contributed by atoms with Gasteiger partial charge in [-0.15, -0.1) is 0 Å². The van der Waals surface area contributed by atoms with Gasteiger partial charge in [-0.25, -0.2) is 4.39 Å². The van der Waals surface area contributed by atoms with Gasteiger partial charge in [0.15, 0.2) is 0 Å². The number of hydrogen-bond acceptors (Lipinski definition) is 2. The van der Waals surface area contributed by atoms with Crippen molar-refractivity contribution in [1.29, 1.82) is 0 Å². The normalized spacial score (nSPS) is 23.4. The van der Waals surface area contributed by atoms with E-state index in [-0.39, 0.29) is 11.4 Å². The molecule has 2 nitrogen and oxygen atoms in total. The molecular weight excluding hydrogens is 311 g/mol. The Hall–Kier alpha value is -1.08. The Morgan fingerprint density at radius 1 is 1.04 bits per heavy atom. The Kier molecular flexibility index (Phi) is 3.62. The van der Waals surface area contributed by atoms with Crippen LogP contribution in [0.3, 0.4) is 0 Å². The second-order valence-electron chi connectivity index (χ2n) is 7.32. The first kappa shape index (κ1) is 16.8. The molecule has 126 valence electrons. The summed E-state index contributed by atoms with van der Waals surface area (Å²) in [5.41, 5.74) is -2.36. The van der Waals surface area contributed by atoms with Gasteiger partial charge in [-0.05, 0) is 63.5 Å². The van der Waals surface area contributed by atoms with E-state index in [4.69, 9.17) is 9.31 Å². The van der Waals surface area contributed by atoms with E-state index in [2.05, 4.69) is 0 Å². The molecule has 7 heteroatoms. The van der Waals surface area contributed by atoms with Gasteiger partial charge in [0, 0.05) is 0 Å². The molecule has 0 amide bonds. The molecular formula is C16H19BF4O2. The molecule has 0 radical (unpaired) electrons. The maximum atomic E-state index is 14.1. The number of halogens is 4. The highest BCUT2D eigenvalue weighted by molar-refractivity contribution is 6.62. The molecule has 0 bridgehead atoms. The van der Waals surface area contributed by atoms with E-state index in [1.54, 1.807) is 27.7 Å². The second kappa shape index (κ2) is 4.96. The van der Waals surface area contributed by atoms with Gasteiger partial charge in [-0.2, -0.15) is 13.2 Å². The summed E-state index contributed by atoms with van der Waals surface area (Å²) in [6.45, 7) is 7.08. The van der Waals surface area contributed by atoms with Crippen molar-refractivity contribution >= 4 is 12.6 Å². The van der Waals surface area contributed by atoms with Gasteiger partial charge in [0.2, 0.25) is 0 Å². The van der Waals surface area contributed by atoms with E-state index in [9.17, 15) is 17.6 Å². The van der Waals surface area contributed by atoms with E-state index < -0.39 is 35.9 Å². The fourth-order valence-electron chi connectivity index (χ4n) is 2.73. The zero-order chi connectivity index (χ0) is 17.2. The number of hydrogen-bond donors (Lipinski definition) is 0. The molecule has 1 saturated carbocycles. The van der Waals surface area contributed by atoms with Crippen molar-refractivity contribution in [2.75, 3.05) is 0 Å². The predicted octanol–water partition coefficient (Wildman–Crippen LogP) is 4.02. The Morgan fingerprint density at radius 3 is 2.00 bits per heavy atom. The lowest BCUT2D eigenvalue weighted by Crippen LogP contribution is -2.41. The SMILES string of the molecule is CC1(C)OB(c2cc(C3CC3)c(F)cc2C(F)(F)F)OC1(C)C. The number of benzene rings is 1. The van der Waals surface area contributed by atoms with Crippen LogP contribution in [-0.4, -0.2) is 18.3 Å². The predicted molar refractivity (Wildman–Crippen MR) is 79.1 cm³/mol. The fourth-order valence-corrected chi connectivity index (χ4v) is 2.73. The van der Waals surface area contributed by atoms with Crippen LogP contribution in [0.5, 0.6) is 0 Å². The third-order valence-electron chi connectivity index (χ3n) is 5.00. The molecule has 0 N–H and O–H groups in total. The van der Waals surface area contributed by atoms with Crippen LogP contribution in [0.2, 0.25) is 0 Å².